The molecule has 0 saturated carbocycles. The SMILES string of the molecule is CN1CCCN(c2cc3c(cc2N)CC(=O)N3)CC1. The molecule has 2 aliphatic heterocycles. The van der Waals surface area contributed by atoms with Crippen LogP contribution < -0.4 is 16.0 Å². The number of nitrogens with one attached hydrogen (secondary N) is 1. The molecule has 5 heteroatoms. The lowest BCUT2D eigenvalue weighted by molar-refractivity contribution is -0.115. The normalized spacial score (nSPS) is 20.1. The molecule has 1 fully saturated rings. The van der Waals surface area contributed by atoms with Gasteiger partial charge in [0.15, 0.2) is 0 Å². The van der Waals surface area contributed by atoms with Crippen molar-refractivity contribution >= 4 is 23.0 Å². The average molecular weight is 260 g/mol. The van der Waals surface area contributed by atoms with Gasteiger partial charge in [-0.25, -0.2) is 0 Å². The lowest BCUT2D eigenvalue weighted by atomic mass is 10.1. The summed E-state index contributed by atoms with van der Waals surface area (Å²) in [4.78, 5) is 16.1. The van der Waals surface area contributed by atoms with Crippen molar-refractivity contribution in [1.29, 1.82) is 0 Å². The molecule has 1 aromatic carbocycles. The first kappa shape index (κ1) is 12.3. The lowest BCUT2D eigenvalue weighted by Gasteiger charge is -2.25. The number of fused-ring (bicyclic) bond motifs is 1. The van der Waals surface area contributed by atoms with Crippen molar-refractivity contribution in [3.8, 4) is 0 Å². The third-order valence-corrected chi connectivity index (χ3v) is 3.94. The van der Waals surface area contributed by atoms with E-state index in [0.717, 1.165) is 55.2 Å². The van der Waals surface area contributed by atoms with E-state index in [4.69, 9.17) is 5.73 Å². The number of hydrogen-bond acceptors (Lipinski definition) is 4. The Morgan fingerprint density at radius 2 is 2.05 bits per heavy atom. The van der Waals surface area contributed by atoms with Crippen LogP contribution in [0.2, 0.25) is 0 Å². The van der Waals surface area contributed by atoms with E-state index in [1.807, 2.05) is 12.1 Å². The predicted octanol–water partition coefficient (Wildman–Crippen LogP) is 0.905. The predicted molar refractivity (Wildman–Crippen MR) is 77.5 cm³/mol. The Hall–Kier alpha value is -1.75. The first-order valence-electron chi connectivity index (χ1n) is 6.79. The van der Waals surface area contributed by atoms with Gasteiger partial charge in [0.2, 0.25) is 5.91 Å². The first-order valence-corrected chi connectivity index (χ1v) is 6.79. The number of likely N-dealkylation sites (N-methyl/N-ethyl adjacent to an activating group) is 1. The summed E-state index contributed by atoms with van der Waals surface area (Å²) in [6.07, 6.45) is 1.59. The summed E-state index contributed by atoms with van der Waals surface area (Å²) in [6, 6.07) is 3.97. The van der Waals surface area contributed by atoms with Crippen molar-refractivity contribution in [2.75, 3.05) is 49.2 Å². The quantitative estimate of drug-likeness (QED) is 0.737. The van der Waals surface area contributed by atoms with E-state index in [1.54, 1.807) is 0 Å². The summed E-state index contributed by atoms with van der Waals surface area (Å²) in [5, 5.41) is 2.90. The van der Waals surface area contributed by atoms with Crippen LogP contribution in [-0.2, 0) is 11.2 Å². The van der Waals surface area contributed by atoms with Gasteiger partial charge < -0.3 is 20.9 Å². The summed E-state index contributed by atoms with van der Waals surface area (Å²) in [7, 11) is 2.15. The van der Waals surface area contributed by atoms with E-state index in [9.17, 15) is 4.79 Å². The van der Waals surface area contributed by atoms with Gasteiger partial charge in [0.05, 0.1) is 17.8 Å². The largest absolute Gasteiger partial charge is 0.397 e. The van der Waals surface area contributed by atoms with Crippen LogP contribution in [0.4, 0.5) is 17.1 Å². The summed E-state index contributed by atoms with van der Waals surface area (Å²) < 4.78 is 0. The molecule has 0 aliphatic carbocycles. The van der Waals surface area contributed by atoms with Crippen LogP contribution in [-0.4, -0.2) is 44.0 Å². The number of nitrogen functional groups attached to an aromatic ring is 1. The molecule has 2 heterocycles. The van der Waals surface area contributed by atoms with Crippen molar-refractivity contribution in [2.45, 2.75) is 12.8 Å². The number of benzene rings is 1. The van der Waals surface area contributed by atoms with Gasteiger partial charge in [-0.3, -0.25) is 4.79 Å². The Labute approximate surface area is 113 Å². The van der Waals surface area contributed by atoms with E-state index < -0.39 is 0 Å². The molecule has 3 N–H and O–H groups in total. The minimum Gasteiger partial charge on any atom is -0.397 e. The zero-order valence-electron chi connectivity index (χ0n) is 11.3. The highest BCUT2D eigenvalue weighted by atomic mass is 16.1. The molecular formula is C14H20N4O. The highest BCUT2D eigenvalue weighted by Gasteiger charge is 2.22. The third-order valence-electron chi connectivity index (χ3n) is 3.94. The Morgan fingerprint density at radius 3 is 2.89 bits per heavy atom. The Balaban J connectivity index is 1.88. The molecule has 3 rings (SSSR count). The summed E-state index contributed by atoms with van der Waals surface area (Å²) in [5.41, 5.74) is 9.93. The molecule has 1 saturated heterocycles. The standard InChI is InChI=1S/C14H20N4O/c1-17-3-2-4-18(6-5-17)13-9-12-10(7-11(13)15)8-14(19)16-12/h7,9H,2-6,8,15H2,1H3,(H,16,19). The number of carbonyl (C=O) groups excluding carboxylic acids is 1. The second kappa shape index (κ2) is 4.74. The summed E-state index contributed by atoms with van der Waals surface area (Å²) in [6.45, 7) is 4.16. The molecule has 0 unspecified atom stereocenters. The van der Waals surface area contributed by atoms with Gasteiger partial charge in [-0.2, -0.15) is 0 Å². The molecule has 0 atom stereocenters. The van der Waals surface area contributed by atoms with E-state index in [-0.39, 0.29) is 5.91 Å². The third kappa shape index (κ3) is 2.38. The van der Waals surface area contributed by atoms with Gasteiger partial charge in [-0.05, 0) is 37.7 Å². The Morgan fingerprint density at radius 1 is 1.21 bits per heavy atom. The second-order valence-corrected chi connectivity index (χ2v) is 5.44. The fraction of sp³-hybridized carbons (Fsp3) is 0.500. The molecule has 0 radical (unpaired) electrons. The number of nitrogens with two attached hydrogens (primary N) is 1. The van der Waals surface area contributed by atoms with Gasteiger partial charge >= 0.3 is 0 Å². The van der Waals surface area contributed by atoms with Gasteiger partial charge in [0, 0.05) is 25.3 Å². The van der Waals surface area contributed by atoms with Crippen molar-refractivity contribution in [1.82, 2.24) is 4.90 Å². The van der Waals surface area contributed by atoms with Gasteiger partial charge in [-0.15, -0.1) is 0 Å². The van der Waals surface area contributed by atoms with Crippen LogP contribution in [0, 0.1) is 0 Å². The smallest absolute Gasteiger partial charge is 0.228 e. The van der Waals surface area contributed by atoms with E-state index in [0.29, 0.717) is 6.42 Å². The summed E-state index contributed by atoms with van der Waals surface area (Å²) in [5.74, 6) is 0.0575. The molecule has 0 aromatic heterocycles. The van der Waals surface area contributed by atoms with Crippen molar-refractivity contribution in [2.24, 2.45) is 0 Å². The Kier molecular flexibility index (Phi) is 3.06. The molecule has 19 heavy (non-hydrogen) atoms. The number of amides is 1. The Bertz CT molecular complexity index is 514. The second-order valence-electron chi connectivity index (χ2n) is 5.44. The zero-order chi connectivity index (χ0) is 13.4. The maximum Gasteiger partial charge on any atom is 0.228 e. The van der Waals surface area contributed by atoms with Crippen molar-refractivity contribution in [3.63, 3.8) is 0 Å². The number of anilines is 3. The van der Waals surface area contributed by atoms with Gasteiger partial charge in [0.25, 0.3) is 0 Å². The zero-order valence-corrected chi connectivity index (χ0v) is 11.3. The molecule has 1 amide bonds. The minimum absolute atomic E-state index is 0.0575. The molecule has 102 valence electrons. The van der Waals surface area contributed by atoms with E-state index in [2.05, 4.69) is 22.2 Å². The number of hydrogen-bond donors (Lipinski definition) is 2. The number of carbonyl (C=O) groups is 1. The lowest BCUT2D eigenvalue weighted by Crippen LogP contribution is -2.29. The maximum atomic E-state index is 11.4. The van der Waals surface area contributed by atoms with Gasteiger partial charge in [-0.1, -0.05) is 0 Å². The molecule has 5 nitrogen and oxygen atoms in total. The van der Waals surface area contributed by atoms with Crippen molar-refractivity contribution < 1.29 is 4.79 Å². The molecule has 1 aromatic rings. The number of rotatable bonds is 1. The fourth-order valence-corrected chi connectivity index (χ4v) is 2.84. The van der Waals surface area contributed by atoms with Crippen LogP contribution in [0.5, 0.6) is 0 Å². The maximum absolute atomic E-state index is 11.4. The minimum atomic E-state index is 0.0575. The van der Waals surface area contributed by atoms with Crippen molar-refractivity contribution in [3.05, 3.63) is 17.7 Å². The fourth-order valence-electron chi connectivity index (χ4n) is 2.84. The van der Waals surface area contributed by atoms with E-state index >= 15 is 0 Å². The van der Waals surface area contributed by atoms with Crippen LogP contribution in [0.15, 0.2) is 12.1 Å². The molecule has 0 bridgehead atoms. The van der Waals surface area contributed by atoms with E-state index in [1.165, 1.54) is 0 Å². The van der Waals surface area contributed by atoms with Crippen LogP contribution in [0.25, 0.3) is 0 Å². The number of nitrogens with zero attached hydrogens (tertiary/aromatic N) is 2. The molecule has 2 aliphatic rings. The summed E-state index contributed by atoms with van der Waals surface area (Å²) >= 11 is 0. The highest BCUT2D eigenvalue weighted by molar-refractivity contribution is 6.00. The van der Waals surface area contributed by atoms with Gasteiger partial charge in [0.1, 0.15) is 0 Å². The first-order chi connectivity index (χ1) is 9.13. The monoisotopic (exact) mass is 260 g/mol. The van der Waals surface area contributed by atoms with Crippen LogP contribution in [0.3, 0.4) is 0 Å². The molecular weight excluding hydrogens is 240 g/mol. The average Bonchev–Trinajstić information content (AvgIpc) is 2.57. The highest BCUT2D eigenvalue weighted by Crippen LogP contribution is 2.34. The topological polar surface area (TPSA) is 61.6 Å². The van der Waals surface area contributed by atoms with Crippen LogP contribution in [0.1, 0.15) is 12.0 Å². The van der Waals surface area contributed by atoms with Crippen LogP contribution >= 0.6 is 0 Å². The molecule has 0 spiro atoms.